The van der Waals surface area contributed by atoms with E-state index in [2.05, 4.69) is 15.0 Å². The van der Waals surface area contributed by atoms with E-state index in [-0.39, 0.29) is 17.1 Å². The predicted molar refractivity (Wildman–Crippen MR) is 66.1 cm³/mol. The summed E-state index contributed by atoms with van der Waals surface area (Å²) >= 11 is 5.78. The van der Waals surface area contributed by atoms with Crippen LogP contribution in [0.3, 0.4) is 0 Å². The third-order valence-corrected chi connectivity index (χ3v) is 2.33. The van der Waals surface area contributed by atoms with Gasteiger partial charge in [0, 0.05) is 5.56 Å². The molecule has 0 amide bonds. The summed E-state index contributed by atoms with van der Waals surface area (Å²) in [5, 5.41) is 0.0189. The fourth-order valence-electron chi connectivity index (χ4n) is 1.52. The van der Waals surface area contributed by atoms with Crippen LogP contribution in [0.15, 0.2) is 18.2 Å². The van der Waals surface area contributed by atoms with Crippen LogP contribution >= 0.6 is 11.6 Å². The van der Waals surface area contributed by atoms with Crippen molar-refractivity contribution in [3.8, 4) is 17.4 Å². The summed E-state index contributed by atoms with van der Waals surface area (Å²) in [6, 6.07) is 4.67. The Morgan fingerprint density at radius 2 is 2.00 bits per heavy atom. The second-order valence-corrected chi connectivity index (χ2v) is 4.00. The summed E-state index contributed by atoms with van der Waals surface area (Å²) < 4.78 is 18.5. The van der Waals surface area contributed by atoms with Crippen molar-refractivity contribution < 1.29 is 9.13 Å². The Balaban J connectivity index is 2.49. The lowest BCUT2D eigenvalue weighted by molar-refractivity contribution is 0.312. The second kappa shape index (κ2) is 5.27. The predicted octanol–water partition coefficient (Wildman–Crippen LogP) is 3.04. The fraction of sp³-hybridized carbons (Fsp3) is 0.250. The first kappa shape index (κ1) is 12.7. The second-order valence-electron chi connectivity index (χ2n) is 3.66. The van der Waals surface area contributed by atoms with Crippen molar-refractivity contribution in [1.82, 2.24) is 15.0 Å². The summed E-state index contributed by atoms with van der Waals surface area (Å²) in [7, 11) is 0. The maximum Gasteiger partial charge on any atom is 0.321 e. The Hall–Kier alpha value is -1.75. The molecule has 0 N–H and O–H groups in total. The van der Waals surface area contributed by atoms with Crippen molar-refractivity contribution in [3.63, 3.8) is 0 Å². The van der Waals surface area contributed by atoms with Crippen LogP contribution in [0.1, 0.15) is 12.5 Å². The minimum absolute atomic E-state index is 0.0189. The van der Waals surface area contributed by atoms with E-state index in [1.807, 2.05) is 6.92 Å². The largest absolute Gasteiger partial charge is 0.464 e. The molecule has 18 heavy (non-hydrogen) atoms. The van der Waals surface area contributed by atoms with E-state index in [1.54, 1.807) is 13.0 Å². The number of benzene rings is 1. The number of rotatable bonds is 3. The van der Waals surface area contributed by atoms with E-state index in [9.17, 15) is 4.39 Å². The Morgan fingerprint density at radius 1 is 1.22 bits per heavy atom. The van der Waals surface area contributed by atoms with Crippen LogP contribution in [0, 0.1) is 12.7 Å². The van der Waals surface area contributed by atoms with Crippen LogP contribution in [0.2, 0.25) is 5.28 Å². The first-order chi connectivity index (χ1) is 8.58. The molecule has 0 atom stereocenters. The molecule has 4 nitrogen and oxygen atoms in total. The molecule has 2 rings (SSSR count). The van der Waals surface area contributed by atoms with E-state index in [0.717, 1.165) is 5.56 Å². The van der Waals surface area contributed by atoms with Crippen LogP contribution in [0.5, 0.6) is 6.01 Å². The number of ether oxygens (including phenoxy) is 1. The summed E-state index contributed by atoms with van der Waals surface area (Å²) in [5.74, 6) is -0.0551. The van der Waals surface area contributed by atoms with Crippen LogP contribution in [-0.2, 0) is 0 Å². The van der Waals surface area contributed by atoms with E-state index >= 15 is 0 Å². The molecule has 1 aromatic heterocycles. The Kier molecular flexibility index (Phi) is 3.72. The van der Waals surface area contributed by atoms with Gasteiger partial charge in [-0.1, -0.05) is 0 Å². The fourth-order valence-corrected chi connectivity index (χ4v) is 1.67. The van der Waals surface area contributed by atoms with Gasteiger partial charge in [0.25, 0.3) is 0 Å². The van der Waals surface area contributed by atoms with Gasteiger partial charge in [-0.25, -0.2) is 4.39 Å². The van der Waals surface area contributed by atoms with E-state index in [0.29, 0.717) is 18.0 Å². The first-order valence-corrected chi connectivity index (χ1v) is 5.78. The molecule has 6 heteroatoms. The van der Waals surface area contributed by atoms with Gasteiger partial charge in [0.05, 0.1) is 6.61 Å². The normalized spacial score (nSPS) is 10.4. The van der Waals surface area contributed by atoms with Crippen LogP contribution < -0.4 is 4.74 Å². The number of aryl methyl sites for hydroxylation is 1. The smallest absolute Gasteiger partial charge is 0.321 e. The lowest BCUT2D eigenvalue weighted by Crippen LogP contribution is -2.01. The van der Waals surface area contributed by atoms with Gasteiger partial charge in [-0.15, -0.1) is 0 Å². The van der Waals surface area contributed by atoms with Crippen molar-refractivity contribution in [1.29, 1.82) is 0 Å². The maximum atomic E-state index is 13.3. The highest BCUT2D eigenvalue weighted by Gasteiger charge is 2.09. The number of hydrogen-bond acceptors (Lipinski definition) is 4. The van der Waals surface area contributed by atoms with Gasteiger partial charge < -0.3 is 4.74 Å². The highest BCUT2D eigenvalue weighted by molar-refractivity contribution is 6.28. The zero-order valence-electron chi connectivity index (χ0n) is 9.94. The molecule has 0 fully saturated rings. The van der Waals surface area contributed by atoms with Crippen molar-refractivity contribution in [3.05, 3.63) is 34.9 Å². The molecule has 1 heterocycles. The van der Waals surface area contributed by atoms with E-state index in [4.69, 9.17) is 16.3 Å². The van der Waals surface area contributed by atoms with Gasteiger partial charge in [0.1, 0.15) is 5.82 Å². The summed E-state index contributed by atoms with van der Waals surface area (Å²) in [5.41, 5.74) is 1.32. The Labute approximate surface area is 109 Å². The first-order valence-electron chi connectivity index (χ1n) is 5.40. The van der Waals surface area contributed by atoms with Gasteiger partial charge in [0.2, 0.25) is 5.28 Å². The van der Waals surface area contributed by atoms with Gasteiger partial charge in [-0.3, -0.25) is 0 Å². The van der Waals surface area contributed by atoms with Crippen LogP contribution in [0.25, 0.3) is 11.4 Å². The third-order valence-electron chi connectivity index (χ3n) is 2.16. The lowest BCUT2D eigenvalue weighted by atomic mass is 10.1. The molecule has 0 aliphatic rings. The summed E-state index contributed by atoms with van der Waals surface area (Å²) in [4.78, 5) is 11.9. The number of hydrogen-bond donors (Lipinski definition) is 0. The minimum Gasteiger partial charge on any atom is -0.464 e. The molecular weight excluding hydrogens is 257 g/mol. The van der Waals surface area contributed by atoms with Crippen molar-refractivity contribution in [2.24, 2.45) is 0 Å². The van der Waals surface area contributed by atoms with Crippen LogP contribution in [0.4, 0.5) is 4.39 Å². The molecule has 0 spiro atoms. The number of aromatic nitrogens is 3. The van der Waals surface area contributed by atoms with Gasteiger partial charge in [0.15, 0.2) is 5.82 Å². The topological polar surface area (TPSA) is 47.9 Å². The van der Waals surface area contributed by atoms with E-state index in [1.165, 1.54) is 12.1 Å². The van der Waals surface area contributed by atoms with E-state index < -0.39 is 0 Å². The zero-order valence-corrected chi connectivity index (χ0v) is 10.7. The lowest BCUT2D eigenvalue weighted by Gasteiger charge is -2.05. The molecule has 0 saturated heterocycles. The molecule has 0 aliphatic carbocycles. The standard InChI is InChI=1S/C12H11ClFN3O/c1-3-18-12-16-10(15-11(13)17-12)8-4-7(2)5-9(14)6-8/h4-6H,3H2,1-2H3. The molecule has 0 aliphatic heterocycles. The zero-order chi connectivity index (χ0) is 13.1. The average Bonchev–Trinajstić information content (AvgIpc) is 2.27. The SMILES string of the molecule is CCOc1nc(Cl)nc(-c2cc(C)cc(F)c2)n1. The third kappa shape index (κ3) is 2.92. The molecule has 0 radical (unpaired) electrons. The molecule has 1 aromatic carbocycles. The molecule has 0 unspecified atom stereocenters. The summed E-state index contributed by atoms with van der Waals surface area (Å²) in [6.07, 6.45) is 0. The summed E-state index contributed by atoms with van der Waals surface area (Å²) in [6.45, 7) is 4.02. The van der Waals surface area contributed by atoms with Gasteiger partial charge in [-0.2, -0.15) is 15.0 Å². The monoisotopic (exact) mass is 267 g/mol. The highest BCUT2D eigenvalue weighted by Crippen LogP contribution is 2.21. The van der Waals surface area contributed by atoms with Crippen LogP contribution in [-0.4, -0.2) is 21.6 Å². The maximum absolute atomic E-state index is 13.3. The Bertz CT molecular complexity index is 557. The van der Waals surface area contributed by atoms with Gasteiger partial charge in [-0.05, 0) is 49.2 Å². The molecule has 0 bridgehead atoms. The number of halogens is 2. The molecule has 94 valence electrons. The Morgan fingerprint density at radius 3 is 2.67 bits per heavy atom. The molecule has 0 saturated carbocycles. The minimum atomic E-state index is -0.348. The number of nitrogens with zero attached hydrogens (tertiary/aromatic N) is 3. The van der Waals surface area contributed by atoms with Crippen molar-refractivity contribution in [2.45, 2.75) is 13.8 Å². The highest BCUT2D eigenvalue weighted by atomic mass is 35.5. The van der Waals surface area contributed by atoms with Crippen molar-refractivity contribution >= 4 is 11.6 Å². The molecule has 2 aromatic rings. The molecular formula is C12H11ClFN3O. The quantitative estimate of drug-likeness (QED) is 0.858. The average molecular weight is 268 g/mol. The van der Waals surface area contributed by atoms with Gasteiger partial charge >= 0.3 is 6.01 Å². The van der Waals surface area contributed by atoms with Crippen molar-refractivity contribution in [2.75, 3.05) is 6.61 Å².